The number of nitrogens with one attached hydrogen (secondary N) is 1. The number of nitrogens with zero attached hydrogens (tertiary/aromatic N) is 4. The Bertz CT molecular complexity index is 611. The predicted molar refractivity (Wildman–Crippen MR) is 78.2 cm³/mol. The van der Waals surface area contributed by atoms with E-state index in [1.807, 2.05) is 24.7 Å². The number of aryl methyl sites for hydroxylation is 1. The zero-order valence-corrected chi connectivity index (χ0v) is 12.4. The van der Waals surface area contributed by atoms with Crippen molar-refractivity contribution in [2.75, 3.05) is 23.8 Å². The molecule has 0 aromatic carbocycles. The molecule has 2 aromatic rings. The summed E-state index contributed by atoms with van der Waals surface area (Å²) in [6.07, 6.45) is 4.31. The van der Waals surface area contributed by atoms with E-state index in [0.717, 1.165) is 18.3 Å². The molecule has 0 aliphatic heterocycles. The van der Waals surface area contributed by atoms with Crippen LogP contribution in [0.5, 0.6) is 0 Å². The molecule has 1 N–H and O–H groups in total. The summed E-state index contributed by atoms with van der Waals surface area (Å²) in [6, 6.07) is 0.856. The zero-order chi connectivity index (χ0) is 15.4. The number of halogens is 2. The van der Waals surface area contributed by atoms with Crippen molar-refractivity contribution < 1.29 is 8.78 Å². The molecule has 0 spiro atoms. The Morgan fingerprint density at radius 2 is 2.10 bits per heavy atom. The summed E-state index contributed by atoms with van der Waals surface area (Å²) >= 11 is 0. The number of imidazole rings is 1. The average molecular weight is 295 g/mol. The molecule has 21 heavy (non-hydrogen) atoms. The van der Waals surface area contributed by atoms with Crippen LogP contribution < -0.4 is 10.2 Å². The highest BCUT2D eigenvalue weighted by Crippen LogP contribution is 2.22. The molecule has 0 saturated heterocycles. The maximum absolute atomic E-state index is 13.9. The Morgan fingerprint density at radius 3 is 2.71 bits per heavy atom. The van der Waals surface area contributed by atoms with E-state index in [1.54, 1.807) is 18.1 Å². The van der Waals surface area contributed by atoms with E-state index >= 15 is 0 Å². The highest BCUT2D eigenvalue weighted by atomic mass is 19.1. The van der Waals surface area contributed by atoms with Gasteiger partial charge in [0.2, 0.25) is 0 Å². The van der Waals surface area contributed by atoms with Crippen molar-refractivity contribution in [3.05, 3.63) is 35.9 Å². The third kappa shape index (κ3) is 3.48. The van der Waals surface area contributed by atoms with Gasteiger partial charge in [-0.15, -0.1) is 0 Å². The Morgan fingerprint density at radius 1 is 1.33 bits per heavy atom. The van der Waals surface area contributed by atoms with E-state index in [2.05, 4.69) is 15.3 Å². The van der Waals surface area contributed by atoms with Gasteiger partial charge in [0.15, 0.2) is 23.3 Å². The molecule has 0 saturated carbocycles. The monoisotopic (exact) mass is 295 g/mol. The van der Waals surface area contributed by atoms with E-state index in [-0.39, 0.29) is 11.6 Å². The van der Waals surface area contributed by atoms with Crippen molar-refractivity contribution in [3.8, 4) is 0 Å². The van der Waals surface area contributed by atoms with Gasteiger partial charge in [0.1, 0.15) is 5.82 Å². The lowest BCUT2D eigenvalue weighted by Crippen LogP contribution is -2.22. The Hall–Kier alpha value is -2.18. The molecule has 0 unspecified atom stereocenters. The highest BCUT2D eigenvalue weighted by Gasteiger charge is 2.16. The van der Waals surface area contributed by atoms with Crippen LogP contribution in [0.3, 0.4) is 0 Å². The molecule has 0 bridgehead atoms. The maximum Gasteiger partial charge on any atom is 0.168 e. The summed E-state index contributed by atoms with van der Waals surface area (Å²) in [4.78, 5) is 9.83. The number of pyridine rings is 1. The van der Waals surface area contributed by atoms with Gasteiger partial charge in [-0.05, 0) is 6.42 Å². The maximum atomic E-state index is 13.9. The van der Waals surface area contributed by atoms with Crippen molar-refractivity contribution in [3.63, 3.8) is 0 Å². The second-order valence-corrected chi connectivity index (χ2v) is 4.86. The molecule has 0 amide bonds. The van der Waals surface area contributed by atoms with Crippen molar-refractivity contribution in [2.45, 2.75) is 19.9 Å². The summed E-state index contributed by atoms with van der Waals surface area (Å²) in [6.45, 7) is 2.92. The van der Waals surface area contributed by atoms with Gasteiger partial charge in [-0.1, -0.05) is 6.92 Å². The van der Waals surface area contributed by atoms with Gasteiger partial charge in [0.05, 0.1) is 6.54 Å². The molecule has 0 aliphatic carbocycles. The Kier molecular flexibility index (Phi) is 4.72. The van der Waals surface area contributed by atoms with Gasteiger partial charge in [-0.2, -0.15) is 0 Å². The normalized spacial score (nSPS) is 10.7. The minimum absolute atomic E-state index is 0.0694. The summed E-state index contributed by atoms with van der Waals surface area (Å²) in [5, 5.41) is 2.86. The first kappa shape index (κ1) is 15.2. The predicted octanol–water partition coefficient (Wildman–Crippen LogP) is 2.55. The molecule has 7 heteroatoms. The molecule has 0 atom stereocenters. The molecule has 2 heterocycles. The van der Waals surface area contributed by atoms with E-state index in [1.165, 1.54) is 0 Å². The molecule has 0 fully saturated rings. The van der Waals surface area contributed by atoms with E-state index < -0.39 is 11.6 Å². The van der Waals surface area contributed by atoms with Gasteiger partial charge in [-0.3, -0.25) is 0 Å². The smallest absolute Gasteiger partial charge is 0.168 e. The number of anilines is 2. The van der Waals surface area contributed by atoms with Crippen molar-refractivity contribution in [2.24, 2.45) is 7.05 Å². The van der Waals surface area contributed by atoms with Gasteiger partial charge >= 0.3 is 0 Å². The van der Waals surface area contributed by atoms with E-state index in [9.17, 15) is 8.78 Å². The summed E-state index contributed by atoms with van der Waals surface area (Å²) in [7, 11) is 3.56. The molecular formula is C14H19F2N5. The lowest BCUT2D eigenvalue weighted by atomic mass is 10.3. The molecule has 2 aromatic heterocycles. The minimum Gasteiger partial charge on any atom is -0.368 e. The van der Waals surface area contributed by atoms with Crippen molar-refractivity contribution in [1.29, 1.82) is 0 Å². The molecule has 0 aliphatic rings. The van der Waals surface area contributed by atoms with Crippen LogP contribution >= 0.6 is 0 Å². The second kappa shape index (κ2) is 6.51. The molecule has 5 nitrogen and oxygen atoms in total. The second-order valence-electron chi connectivity index (χ2n) is 4.86. The number of rotatable bonds is 6. The minimum atomic E-state index is -0.689. The standard InChI is InChI=1S/C14H19F2N5/c1-4-5-18-13-10(15)8-11(16)14(19-13)21(3)9-12-17-6-7-20(12)2/h6-8H,4-5,9H2,1-3H3,(H,18,19). The third-order valence-electron chi connectivity index (χ3n) is 3.11. The first-order valence-corrected chi connectivity index (χ1v) is 6.80. The molecule has 2 rings (SSSR count). The highest BCUT2D eigenvalue weighted by molar-refractivity contribution is 5.48. The van der Waals surface area contributed by atoms with Gasteiger partial charge < -0.3 is 14.8 Å². The first-order valence-electron chi connectivity index (χ1n) is 6.80. The first-order chi connectivity index (χ1) is 10.0. The zero-order valence-electron chi connectivity index (χ0n) is 12.4. The van der Waals surface area contributed by atoms with Gasteiger partial charge in [-0.25, -0.2) is 18.7 Å². The number of aromatic nitrogens is 3. The summed E-state index contributed by atoms with van der Waals surface area (Å²) < 4.78 is 29.4. The van der Waals surface area contributed by atoms with E-state index in [4.69, 9.17) is 0 Å². The van der Waals surface area contributed by atoms with Crippen molar-refractivity contribution in [1.82, 2.24) is 14.5 Å². The fourth-order valence-corrected chi connectivity index (χ4v) is 1.93. The van der Waals surface area contributed by atoms with Crippen LogP contribution in [0.2, 0.25) is 0 Å². The van der Waals surface area contributed by atoms with E-state index in [0.29, 0.717) is 13.1 Å². The topological polar surface area (TPSA) is 46.0 Å². The Balaban J connectivity index is 2.23. The number of hydrogen-bond acceptors (Lipinski definition) is 4. The third-order valence-corrected chi connectivity index (χ3v) is 3.11. The summed E-state index contributed by atoms with van der Waals surface area (Å²) in [5.74, 6) is -0.439. The quantitative estimate of drug-likeness (QED) is 0.889. The van der Waals surface area contributed by atoms with Gasteiger partial charge in [0, 0.05) is 39.1 Å². The SMILES string of the molecule is CCCNc1nc(N(C)Cc2nccn2C)c(F)cc1F. The fraction of sp³-hybridized carbons (Fsp3) is 0.429. The lowest BCUT2D eigenvalue weighted by Gasteiger charge is -2.19. The Labute approximate surface area is 122 Å². The van der Waals surface area contributed by atoms with Crippen LogP contribution in [0.15, 0.2) is 18.5 Å². The van der Waals surface area contributed by atoms with Crippen LogP contribution in [0.4, 0.5) is 20.4 Å². The van der Waals surface area contributed by atoms with Crippen LogP contribution in [0.1, 0.15) is 19.2 Å². The van der Waals surface area contributed by atoms with Crippen LogP contribution in [-0.2, 0) is 13.6 Å². The van der Waals surface area contributed by atoms with Gasteiger partial charge in [0.25, 0.3) is 0 Å². The largest absolute Gasteiger partial charge is 0.368 e. The fourth-order valence-electron chi connectivity index (χ4n) is 1.93. The van der Waals surface area contributed by atoms with Crippen molar-refractivity contribution >= 4 is 11.6 Å². The molecule has 0 radical (unpaired) electrons. The molecule has 114 valence electrons. The molecular weight excluding hydrogens is 276 g/mol. The van der Waals surface area contributed by atoms with Crippen LogP contribution in [0.25, 0.3) is 0 Å². The number of hydrogen-bond donors (Lipinski definition) is 1. The van der Waals surface area contributed by atoms with Crippen LogP contribution in [0, 0.1) is 11.6 Å². The van der Waals surface area contributed by atoms with Crippen LogP contribution in [-0.4, -0.2) is 28.1 Å². The average Bonchev–Trinajstić information content (AvgIpc) is 2.83. The summed E-state index contributed by atoms with van der Waals surface area (Å²) in [5.41, 5.74) is 0. The lowest BCUT2D eigenvalue weighted by molar-refractivity contribution is 0.570.